The molecule has 1 saturated heterocycles. The Balaban J connectivity index is 2.15. The van der Waals surface area contributed by atoms with Gasteiger partial charge in [-0.15, -0.1) is 0 Å². The molecule has 0 aromatic heterocycles. The molecule has 1 aromatic carbocycles. The highest BCUT2D eigenvalue weighted by Gasteiger charge is 2.43. The van der Waals surface area contributed by atoms with Crippen molar-refractivity contribution in [2.24, 2.45) is 0 Å². The molecule has 1 aromatic rings. The Morgan fingerprint density at radius 3 is 2.50 bits per heavy atom. The fourth-order valence-corrected chi connectivity index (χ4v) is 3.18. The predicted molar refractivity (Wildman–Crippen MR) is 72.6 cm³/mol. The van der Waals surface area contributed by atoms with E-state index in [0.717, 1.165) is 4.90 Å². The Morgan fingerprint density at radius 1 is 1.15 bits per heavy atom. The Labute approximate surface area is 121 Å². The first-order valence-corrected chi connectivity index (χ1v) is 7.06. The lowest BCUT2D eigenvalue weighted by Crippen LogP contribution is -2.57. The lowest BCUT2D eigenvalue weighted by molar-refractivity contribution is -0.205. The van der Waals surface area contributed by atoms with Gasteiger partial charge in [0.15, 0.2) is 0 Å². The van der Waals surface area contributed by atoms with Crippen molar-refractivity contribution in [3.63, 3.8) is 0 Å². The molecule has 1 aliphatic rings. The molecule has 0 saturated carbocycles. The first-order valence-electron chi connectivity index (χ1n) is 6.18. The summed E-state index contributed by atoms with van der Waals surface area (Å²) >= 11 is 1.17. The molecule has 0 amide bonds. The summed E-state index contributed by atoms with van der Waals surface area (Å²) < 4.78 is 10.6. The third-order valence-corrected chi connectivity index (χ3v) is 4.37. The lowest BCUT2D eigenvalue weighted by atomic mass is 10.0. The van der Waals surface area contributed by atoms with Crippen LogP contribution < -0.4 is 4.74 Å². The standard InChI is InChI=1S/C13H18O6S/c1-18-7-4-2-3-5-9(7)20-13-12(17)11(16)10(15)8(6-14)19-13/h2-5,8,10-17H,6H2,1H3/t8-,10-,11+,12+,13-/m1/s1. The summed E-state index contributed by atoms with van der Waals surface area (Å²) in [5, 5.41) is 38.6. The molecule has 0 bridgehead atoms. The van der Waals surface area contributed by atoms with E-state index < -0.39 is 36.5 Å². The average Bonchev–Trinajstić information content (AvgIpc) is 2.48. The van der Waals surface area contributed by atoms with E-state index in [1.165, 1.54) is 18.9 Å². The van der Waals surface area contributed by atoms with E-state index in [-0.39, 0.29) is 0 Å². The van der Waals surface area contributed by atoms with Crippen LogP contribution in [-0.2, 0) is 4.74 Å². The van der Waals surface area contributed by atoms with Crippen molar-refractivity contribution in [1.29, 1.82) is 0 Å². The second kappa shape index (κ2) is 6.75. The zero-order valence-electron chi connectivity index (χ0n) is 10.9. The van der Waals surface area contributed by atoms with Gasteiger partial charge in [0.05, 0.1) is 18.6 Å². The minimum Gasteiger partial charge on any atom is -0.496 e. The number of methoxy groups -OCH3 is 1. The Kier molecular flexibility index (Phi) is 5.25. The number of para-hydroxylation sites is 1. The maximum atomic E-state index is 9.97. The van der Waals surface area contributed by atoms with Crippen LogP contribution in [0.25, 0.3) is 0 Å². The largest absolute Gasteiger partial charge is 0.496 e. The third-order valence-electron chi connectivity index (χ3n) is 3.16. The molecule has 1 heterocycles. The van der Waals surface area contributed by atoms with Crippen molar-refractivity contribution in [2.45, 2.75) is 34.7 Å². The van der Waals surface area contributed by atoms with Crippen molar-refractivity contribution < 1.29 is 29.9 Å². The number of benzene rings is 1. The van der Waals surface area contributed by atoms with E-state index in [1.807, 2.05) is 12.1 Å². The van der Waals surface area contributed by atoms with E-state index in [4.69, 9.17) is 14.6 Å². The molecule has 4 N–H and O–H groups in total. The molecule has 1 fully saturated rings. The fourth-order valence-electron chi connectivity index (χ4n) is 2.01. The summed E-state index contributed by atoms with van der Waals surface area (Å²) in [6, 6.07) is 7.20. The van der Waals surface area contributed by atoms with Crippen molar-refractivity contribution in [1.82, 2.24) is 0 Å². The maximum Gasteiger partial charge on any atom is 0.136 e. The van der Waals surface area contributed by atoms with Crippen LogP contribution in [0.1, 0.15) is 0 Å². The number of aliphatic hydroxyl groups is 4. The molecule has 112 valence electrons. The van der Waals surface area contributed by atoms with Crippen LogP contribution in [0.2, 0.25) is 0 Å². The molecule has 0 spiro atoms. The summed E-state index contributed by atoms with van der Waals surface area (Å²) in [6.07, 6.45) is -4.87. The van der Waals surface area contributed by atoms with Gasteiger partial charge >= 0.3 is 0 Å². The molecule has 20 heavy (non-hydrogen) atoms. The first kappa shape index (κ1) is 15.6. The number of rotatable bonds is 4. The molecule has 5 atom stereocenters. The second-order valence-corrected chi connectivity index (χ2v) is 5.61. The van der Waals surface area contributed by atoms with Crippen molar-refractivity contribution in [3.05, 3.63) is 24.3 Å². The summed E-state index contributed by atoms with van der Waals surface area (Å²) in [6.45, 7) is -0.437. The van der Waals surface area contributed by atoms with E-state index in [2.05, 4.69) is 0 Å². The number of hydrogen-bond acceptors (Lipinski definition) is 7. The minimum atomic E-state index is -1.37. The van der Waals surface area contributed by atoms with Crippen LogP contribution in [0.3, 0.4) is 0 Å². The van der Waals surface area contributed by atoms with Gasteiger partial charge in [0.2, 0.25) is 0 Å². The molecule has 1 aliphatic heterocycles. The highest BCUT2D eigenvalue weighted by atomic mass is 32.2. The Bertz CT molecular complexity index is 441. The number of ether oxygens (including phenoxy) is 2. The number of hydrogen-bond donors (Lipinski definition) is 4. The predicted octanol–water partition coefficient (Wildman–Crippen LogP) is -0.413. The van der Waals surface area contributed by atoms with Gasteiger partial charge in [-0.1, -0.05) is 23.9 Å². The van der Waals surface area contributed by atoms with E-state index >= 15 is 0 Å². The van der Waals surface area contributed by atoms with Crippen LogP contribution in [0.5, 0.6) is 5.75 Å². The summed E-state index contributed by atoms with van der Waals surface area (Å²) in [4.78, 5) is 0.735. The van der Waals surface area contributed by atoms with E-state index in [1.54, 1.807) is 12.1 Å². The number of thioether (sulfide) groups is 1. The smallest absolute Gasteiger partial charge is 0.136 e. The molecule has 0 unspecified atom stereocenters. The van der Waals surface area contributed by atoms with Crippen LogP contribution in [-0.4, -0.2) is 64.0 Å². The van der Waals surface area contributed by atoms with Crippen LogP contribution in [0.4, 0.5) is 0 Å². The minimum absolute atomic E-state index is 0.437. The lowest BCUT2D eigenvalue weighted by Gasteiger charge is -2.39. The molecule has 0 aliphatic carbocycles. The van der Waals surface area contributed by atoms with Gasteiger partial charge < -0.3 is 29.9 Å². The Hall–Kier alpha value is -0.830. The van der Waals surface area contributed by atoms with Crippen LogP contribution in [0, 0.1) is 0 Å². The monoisotopic (exact) mass is 302 g/mol. The first-order chi connectivity index (χ1) is 9.58. The van der Waals surface area contributed by atoms with Crippen molar-refractivity contribution in [2.75, 3.05) is 13.7 Å². The van der Waals surface area contributed by atoms with Crippen molar-refractivity contribution >= 4 is 11.8 Å². The molecule has 2 rings (SSSR count). The molecule has 7 heteroatoms. The molecular formula is C13H18O6S. The van der Waals surface area contributed by atoms with Crippen molar-refractivity contribution in [3.8, 4) is 5.75 Å². The highest BCUT2D eigenvalue weighted by molar-refractivity contribution is 8.00. The van der Waals surface area contributed by atoms with Gasteiger partial charge in [0, 0.05) is 0 Å². The fraction of sp³-hybridized carbons (Fsp3) is 0.538. The zero-order valence-corrected chi connectivity index (χ0v) is 11.7. The SMILES string of the molecule is COc1ccccc1S[C@H]1O[C@H](CO)[C@@H](O)[C@H](O)[C@@H]1O. The van der Waals surface area contributed by atoms with Gasteiger partial charge in [-0.3, -0.25) is 0 Å². The van der Waals surface area contributed by atoms with Gasteiger partial charge in [-0.25, -0.2) is 0 Å². The summed E-state index contributed by atoms with van der Waals surface area (Å²) in [5.41, 5.74) is -0.804. The van der Waals surface area contributed by atoms with Gasteiger partial charge in [0.25, 0.3) is 0 Å². The maximum absolute atomic E-state index is 9.97. The second-order valence-electron chi connectivity index (χ2n) is 4.47. The zero-order chi connectivity index (χ0) is 14.7. The highest BCUT2D eigenvalue weighted by Crippen LogP contribution is 2.37. The average molecular weight is 302 g/mol. The molecular weight excluding hydrogens is 284 g/mol. The number of aliphatic hydroxyl groups excluding tert-OH is 4. The summed E-state index contributed by atoms with van der Waals surface area (Å²) in [7, 11) is 1.53. The van der Waals surface area contributed by atoms with Gasteiger partial charge in [0.1, 0.15) is 35.6 Å². The normalized spacial score (nSPS) is 34.0. The van der Waals surface area contributed by atoms with Gasteiger partial charge in [-0.05, 0) is 12.1 Å². The summed E-state index contributed by atoms with van der Waals surface area (Å²) in [5.74, 6) is 0.620. The van der Waals surface area contributed by atoms with E-state index in [0.29, 0.717) is 5.75 Å². The van der Waals surface area contributed by atoms with Gasteiger partial charge in [-0.2, -0.15) is 0 Å². The quantitative estimate of drug-likeness (QED) is 0.600. The van der Waals surface area contributed by atoms with Crippen LogP contribution in [0.15, 0.2) is 29.2 Å². The topological polar surface area (TPSA) is 99.4 Å². The third kappa shape index (κ3) is 3.08. The van der Waals surface area contributed by atoms with E-state index in [9.17, 15) is 15.3 Å². The van der Waals surface area contributed by atoms with Crippen LogP contribution >= 0.6 is 11.8 Å². The molecule has 6 nitrogen and oxygen atoms in total. The Morgan fingerprint density at radius 2 is 1.85 bits per heavy atom. The molecule has 0 radical (unpaired) electrons.